The van der Waals surface area contributed by atoms with E-state index in [9.17, 15) is 4.79 Å². The molecule has 0 fully saturated rings. The van der Waals surface area contributed by atoms with Crippen molar-refractivity contribution in [3.63, 3.8) is 0 Å². The molecule has 0 saturated heterocycles. The molecule has 19 heavy (non-hydrogen) atoms. The fourth-order valence-corrected chi connectivity index (χ4v) is 2.07. The summed E-state index contributed by atoms with van der Waals surface area (Å²) in [6.45, 7) is 6.97. The van der Waals surface area contributed by atoms with Gasteiger partial charge in [0.1, 0.15) is 5.60 Å². The van der Waals surface area contributed by atoms with Gasteiger partial charge < -0.3 is 15.4 Å². The molecular weight excluding hydrogens is 242 g/mol. The van der Waals surface area contributed by atoms with Crippen LogP contribution in [0.5, 0.6) is 0 Å². The Kier molecular flexibility index (Phi) is 3.30. The Bertz CT molecular complexity index is 494. The maximum Gasteiger partial charge on any atom is 0.414 e. The second-order valence-corrected chi connectivity index (χ2v) is 5.80. The summed E-state index contributed by atoms with van der Waals surface area (Å²) in [5.41, 5.74) is 7.81. The smallest absolute Gasteiger partial charge is 0.414 e. The van der Waals surface area contributed by atoms with Crippen LogP contribution >= 0.6 is 0 Å². The number of benzene rings is 1. The lowest BCUT2D eigenvalue weighted by Crippen LogP contribution is -2.44. The van der Waals surface area contributed by atoms with Crippen molar-refractivity contribution in [2.45, 2.75) is 26.4 Å². The van der Waals surface area contributed by atoms with Crippen LogP contribution in [0.25, 0.3) is 0 Å². The van der Waals surface area contributed by atoms with Gasteiger partial charge in [-0.05, 0) is 39.0 Å². The molecule has 2 rings (SSSR count). The highest BCUT2D eigenvalue weighted by molar-refractivity contribution is 5.94. The average molecular weight is 263 g/mol. The van der Waals surface area contributed by atoms with Crippen LogP contribution in [-0.2, 0) is 4.74 Å². The number of fused-ring (bicyclic) bond motifs is 1. The molecule has 1 aromatic carbocycles. The average Bonchev–Trinajstić information content (AvgIpc) is 2.27. The van der Waals surface area contributed by atoms with Gasteiger partial charge in [0.25, 0.3) is 0 Å². The number of amides is 1. The van der Waals surface area contributed by atoms with Crippen molar-refractivity contribution in [1.29, 1.82) is 0 Å². The number of carbonyl (C=O) groups excluding carboxylic acids is 1. The number of ether oxygens (including phenoxy) is 1. The molecule has 5 nitrogen and oxygen atoms in total. The van der Waals surface area contributed by atoms with E-state index in [2.05, 4.69) is 4.90 Å². The normalized spacial score (nSPS) is 15.2. The minimum atomic E-state index is -0.492. The molecule has 0 radical (unpaired) electrons. The summed E-state index contributed by atoms with van der Waals surface area (Å²) in [5.74, 6) is 0. The third-order valence-electron chi connectivity index (χ3n) is 2.97. The van der Waals surface area contributed by atoms with E-state index >= 15 is 0 Å². The number of nitrogens with zero attached hydrogens (tertiary/aromatic N) is 2. The first-order chi connectivity index (χ1) is 8.78. The molecule has 0 atom stereocenters. The zero-order valence-electron chi connectivity index (χ0n) is 11.9. The van der Waals surface area contributed by atoms with Crippen LogP contribution < -0.4 is 15.5 Å². The van der Waals surface area contributed by atoms with Crippen molar-refractivity contribution in [1.82, 2.24) is 0 Å². The Morgan fingerprint density at radius 3 is 2.58 bits per heavy atom. The molecule has 0 spiro atoms. The van der Waals surface area contributed by atoms with Gasteiger partial charge in [0.2, 0.25) is 0 Å². The Hall–Kier alpha value is -1.91. The highest BCUT2D eigenvalue weighted by Gasteiger charge is 2.29. The van der Waals surface area contributed by atoms with Crippen LogP contribution in [0.1, 0.15) is 20.8 Å². The summed E-state index contributed by atoms with van der Waals surface area (Å²) >= 11 is 0. The van der Waals surface area contributed by atoms with Gasteiger partial charge in [-0.15, -0.1) is 0 Å². The number of rotatable bonds is 0. The first kappa shape index (κ1) is 13.5. The lowest BCUT2D eigenvalue weighted by molar-refractivity contribution is 0.0580. The zero-order valence-corrected chi connectivity index (χ0v) is 11.9. The topological polar surface area (TPSA) is 58.8 Å². The minimum absolute atomic E-state index is 0.313. The van der Waals surface area contributed by atoms with Crippen LogP contribution in [-0.4, -0.2) is 31.8 Å². The standard InChI is InChI=1S/C14H21N3O2/c1-14(2,3)19-13(18)17-8-7-16(4)12-9-10(15)5-6-11(12)17/h5-6,9H,7-8,15H2,1-4H3. The van der Waals surface area contributed by atoms with Crippen LogP contribution in [0.4, 0.5) is 21.9 Å². The molecule has 0 aromatic heterocycles. The first-order valence-electron chi connectivity index (χ1n) is 6.39. The minimum Gasteiger partial charge on any atom is -0.443 e. The molecule has 1 aliphatic rings. The summed E-state index contributed by atoms with van der Waals surface area (Å²) in [7, 11) is 1.99. The van der Waals surface area contributed by atoms with Crippen molar-refractivity contribution in [3.8, 4) is 0 Å². The number of likely N-dealkylation sites (N-methyl/N-ethyl adjacent to an activating group) is 1. The third kappa shape index (κ3) is 2.92. The molecule has 0 aliphatic carbocycles. The second kappa shape index (κ2) is 4.64. The first-order valence-corrected chi connectivity index (χ1v) is 6.39. The molecule has 0 bridgehead atoms. The molecule has 0 unspecified atom stereocenters. The highest BCUT2D eigenvalue weighted by atomic mass is 16.6. The lowest BCUT2D eigenvalue weighted by Gasteiger charge is -2.36. The van der Waals surface area contributed by atoms with Gasteiger partial charge in [-0.2, -0.15) is 0 Å². The number of anilines is 3. The molecule has 2 N–H and O–H groups in total. The summed E-state index contributed by atoms with van der Waals surface area (Å²) in [4.78, 5) is 16.0. The van der Waals surface area contributed by atoms with E-state index in [0.717, 1.165) is 17.9 Å². The number of nitrogens with two attached hydrogens (primary N) is 1. The van der Waals surface area contributed by atoms with E-state index in [-0.39, 0.29) is 6.09 Å². The monoisotopic (exact) mass is 263 g/mol. The maximum atomic E-state index is 12.2. The van der Waals surface area contributed by atoms with Gasteiger partial charge >= 0.3 is 6.09 Å². The molecule has 0 saturated carbocycles. The van der Waals surface area contributed by atoms with Crippen molar-refractivity contribution < 1.29 is 9.53 Å². The van der Waals surface area contributed by atoms with Crippen LogP contribution in [0.3, 0.4) is 0 Å². The summed E-state index contributed by atoms with van der Waals surface area (Å²) in [6, 6.07) is 5.55. The van der Waals surface area contributed by atoms with Crippen LogP contribution in [0.15, 0.2) is 18.2 Å². The SMILES string of the molecule is CN1CCN(C(=O)OC(C)(C)C)c2ccc(N)cc21. The molecule has 1 amide bonds. The maximum absolute atomic E-state index is 12.2. The Balaban J connectivity index is 2.31. The van der Waals surface area contributed by atoms with Gasteiger partial charge in [0.15, 0.2) is 0 Å². The fourth-order valence-electron chi connectivity index (χ4n) is 2.07. The molecule has 1 aliphatic heterocycles. The van der Waals surface area contributed by atoms with Gasteiger partial charge in [0, 0.05) is 25.8 Å². The van der Waals surface area contributed by atoms with Crippen molar-refractivity contribution in [2.24, 2.45) is 0 Å². The number of carbonyl (C=O) groups is 1. The summed E-state index contributed by atoms with van der Waals surface area (Å²) in [5, 5.41) is 0. The fraction of sp³-hybridized carbons (Fsp3) is 0.500. The van der Waals surface area contributed by atoms with Gasteiger partial charge in [0.05, 0.1) is 11.4 Å². The van der Waals surface area contributed by atoms with E-state index in [1.54, 1.807) is 11.0 Å². The van der Waals surface area contributed by atoms with E-state index < -0.39 is 5.60 Å². The van der Waals surface area contributed by atoms with Gasteiger partial charge in [-0.3, -0.25) is 4.90 Å². The number of nitrogen functional groups attached to an aromatic ring is 1. The number of hydrogen-bond acceptors (Lipinski definition) is 4. The predicted octanol–water partition coefficient (Wildman–Crippen LogP) is 2.46. The van der Waals surface area contributed by atoms with Gasteiger partial charge in [-0.25, -0.2) is 4.79 Å². The third-order valence-corrected chi connectivity index (χ3v) is 2.97. The van der Waals surface area contributed by atoms with Crippen molar-refractivity contribution in [2.75, 3.05) is 35.7 Å². The molecular formula is C14H21N3O2. The Labute approximate surface area is 113 Å². The number of hydrogen-bond donors (Lipinski definition) is 1. The predicted molar refractivity (Wildman–Crippen MR) is 77.7 cm³/mol. The van der Waals surface area contributed by atoms with Crippen LogP contribution in [0, 0.1) is 0 Å². The Morgan fingerprint density at radius 1 is 1.26 bits per heavy atom. The summed E-state index contributed by atoms with van der Waals surface area (Å²) < 4.78 is 5.44. The van der Waals surface area contributed by atoms with E-state index in [4.69, 9.17) is 10.5 Å². The van der Waals surface area contributed by atoms with E-state index in [0.29, 0.717) is 12.2 Å². The van der Waals surface area contributed by atoms with Crippen LogP contribution in [0.2, 0.25) is 0 Å². The van der Waals surface area contributed by atoms with E-state index in [1.165, 1.54) is 0 Å². The molecule has 1 aromatic rings. The quantitative estimate of drug-likeness (QED) is 0.730. The Morgan fingerprint density at radius 2 is 1.95 bits per heavy atom. The largest absolute Gasteiger partial charge is 0.443 e. The molecule has 5 heteroatoms. The molecule has 104 valence electrons. The highest BCUT2D eigenvalue weighted by Crippen LogP contribution is 2.34. The summed E-state index contributed by atoms with van der Waals surface area (Å²) in [6.07, 6.45) is -0.313. The second-order valence-electron chi connectivity index (χ2n) is 5.80. The zero-order chi connectivity index (χ0) is 14.2. The molecule has 1 heterocycles. The van der Waals surface area contributed by atoms with Crippen molar-refractivity contribution in [3.05, 3.63) is 18.2 Å². The van der Waals surface area contributed by atoms with Crippen molar-refractivity contribution >= 4 is 23.2 Å². The van der Waals surface area contributed by atoms with E-state index in [1.807, 2.05) is 40.0 Å². The lowest BCUT2D eigenvalue weighted by atomic mass is 10.1. The van der Waals surface area contributed by atoms with Gasteiger partial charge in [-0.1, -0.05) is 0 Å².